The predicted molar refractivity (Wildman–Crippen MR) is 114 cm³/mol. The van der Waals surface area contributed by atoms with Crippen LogP contribution < -0.4 is 24.2 Å². The molecule has 2 aromatic carbocycles. The lowest BCUT2D eigenvalue weighted by Crippen LogP contribution is -2.34. The normalized spacial score (nSPS) is 11.1. The number of carbonyl (C=O) groups excluding carboxylic acids is 1. The van der Waals surface area contributed by atoms with Gasteiger partial charge < -0.3 is 19.5 Å². The Hall–Kier alpha value is -2.49. The molecular weight excluding hydrogens is 432 g/mol. The first-order valence-corrected chi connectivity index (χ1v) is 11.0. The van der Waals surface area contributed by atoms with Crippen molar-refractivity contribution in [2.45, 2.75) is 17.7 Å². The Kier molecular flexibility index (Phi) is 8.76. The standard InChI is InChI=1S/C20H25ClN2O6S/c1-27-17-11-14(12-18(28-2)20(17)29-3)7-8-19(24)22-9-10-23-30(25,26)16-6-4-5-15(21)13-16/h4-6,11-13,23H,7-10H2,1-3H3,(H,22,24). The van der Waals surface area contributed by atoms with E-state index in [2.05, 4.69) is 10.0 Å². The van der Waals surface area contributed by atoms with E-state index in [4.69, 9.17) is 25.8 Å². The third kappa shape index (κ3) is 6.51. The zero-order valence-corrected chi connectivity index (χ0v) is 18.6. The molecule has 0 radical (unpaired) electrons. The zero-order chi connectivity index (χ0) is 22.1. The summed E-state index contributed by atoms with van der Waals surface area (Å²) in [6.45, 7) is 0.221. The lowest BCUT2D eigenvalue weighted by atomic mass is 10.1. The summed E-state index contributed by atoms with van der Waals surface area (Å²) < 4.78 is 42.7. The van der Waals surface area contributed by atoms with E-state index in [0.717, 1.165) is 5.56 Å². The number of rotatable bonds is 11. The molecule has 8 nitrogen and oxygen atoms in total. The second-order valence-corrected chi connectivity index (χ2v) is 8.44. The van der Waals surface area contributed by atoms with Crippen molar-refractivity contribution in [1.29, 1.82) is 0 Å². The number of halogens is 1. The number of hydrogen-bond acceptors (Lipinski definition) is 6. The fourth-order valence-corrected chi connectivity index (χ4v) is 4.06. The first-order valence-electron chi connectivity index (χ1n) is 9.11. The van der Waals surface area contributed by atoms with Crippen molar-refractivity contribution in [3.63, 3.8) is 0 Å². The highest BCUT2D eigenvalue weighted by atomic mass is 35.5. The number of ether oxygens (including phenoxy) is 3. The van der Waals surface area contributed by atoms with Gasteiger partial charge in [0.05, 0.1) is 26.2 Å². The van der Waals surface area contributed by atoms with Gasteiger partial charge in [-0.1, -0.05) is 17.7 Å². The Bertz CT molecular complexity index is 956. The molecule has 0 saturated carbocycles. The SMILES string of the molecule is COc1cc(CCC(=O)NCCNS(=O)(=O)c2cccc(Cl)c2)cc(OC)c1OC. The van der Waals surface area contributed by atoms with Crippen molar-refractivity contribution in [2.75, 3.05) is 34.4 Å². The lowest BCUT2D eigenvalue weighted by Gasteiger charge is -2.14. The highest BCUT2D eigenvalue weighted by Crippen LogP contribution is 2.38. The van der Waals surface area contributed by atoms with Gasteiger partial charge in [-0.25, -0.2) is 13.1 Å². The molecule has 0 aliphatic rings. The molecule has 30 heavy (non-hydrogen) atoms. The van der Waals surface area contributed by atoms with Crippen molar-refractivity contribution in [3.05, 3.63) is 47.0 Å². The number of nitrogens with one attached hydrogen (secondary N) is 2. The molecule has 0 atom stereocenters. The van der Waals surface area contributed by atoms with Gasteiger partial charge in [0, 0.05) is 24.5 Å². The zero-order valence-electron chi connectivity index (χ0n) is 17.0. The number of aryl methyl sites for hydroxylation is 1. The molecule has 2 rings (SSSR count). The summed E-state index contributed by atoms with van der Waals surface area (Å²) in [6, 6.07) is 9.53. The summed E-state index contributed by atoms with van der Waals surface area (Å²) in [7, 11) is 0.891. The second kappa shape index (κ2) is 11.1. The van der Waals surface area contributed by atoms with Crippen molar-refractivity contribution in [1.82, 2.24) is 10.0 Å². The molecule has 2 N–H and O–H groups in total. The molecule has 0 spiro atoms. The molecule has 0 aliphatic heterocycles. The summed E-state index contributed by atoms with van der Waals surface area (Å²) in [5, 5.41) is 3.02. The van der Waals surface area contributed by atoms with Crippen LogP contribution in [0.25, 0.3) is 0 Å². The van der Waals surface area contributed by atoms with E-state index in [9.17, 15) is 13.2 Å². The van der Waals surface area contributed by atoms with Gasteiger partial charge in [-0.3, -0.25) is 4.79 Å². The van der Waals surface area contributed by atoms with Gasteiger partial charge in [-0.2, -0.15) is 0 Å². The Labute approximate surface area is 181 Å². The van der Waals surface area contributed by atoms with Crippen LogP contribution in [0.1, 0.15) is 12.0 Å². The number of methoxy groups -OCH3 is 3. The lowest BCUT2D eigenvalue weighted by molar-refractivity contribution is -0.121. The quantitative estimate of drug-likeness (QED) is 0.503. The monoisotopic (exact) mass is 456 g/mol. The van der Waals surface area contributed by atoms with Crippen molar-refractivity contribution in [3.8, 4) is 17.2 Å². The molecule has 10 heteroatoms. The van der Waals surface area contributed by atoms with Crippen LogP contribution in [0.5, 0.6) is 17.2 Å². The van der Waals surface area contributed by atoms with Crippen LogP contribution in [0.2, 0.25) is 5.02 Å². The van der Waals surface area contributed by atoms with Gasteiger partial charge in [0.25, 0.3) is 0 Å². The molecule has 0 saturated heterocycles. The second-order valence-electron chi connectivity index (χ2n) is 6.24. The smallest absolute Gasteiger partial charge is 0.240 e. The largest absolute Gasteiger partial charge is 0.493 e. The van der Waals surface area contributed by atoms with Gasteiger partial charge in [0.2, 0.25) is 21.7 Å². The molecular formula is C20H25ClN2O6S. The van der Waals surface area contributed by atoms with E-state index in [0.29, 0.717) is 28.7 Å². The summed E-state index contributed by atoms with van der Waals surface area (Å²) in [6.07, 6.45) is 0.677. The maximum absolute atomic E-state index is 12.2. The topological polar surface area (TPSA) is 103 Å². The predicted octanol–water partition coefficient (Wildman–Crippen LogP) is 2.39. The highest BCUT2D eigenvalue weighted by Gasteiger charge is 2.15. The minimum Gasteiger partial charge on any atom is -0.493 e. The fraction of sp³-hybridized carbons (Fsp3) is 0.350. The molecule has 0 fully saturated rings. The van der Waals surface area contributed by atoms with Gasteiger partial charge in [-0.15, -0.1) is 0 Å². The highest BCUT2D eigenvalue weighted by molar-refractivity contribution is 7.89. The van der Waals surface area contributed by atoms with Crippen LogP contribution in [0.15, 0.2) is 41.3 Å². The van der Waals surface area contributed by atoms with E-state index in [-0.39, 0.29) is 30.3 Å². The molecule has 0 aromatic heterocycles. The Morgan fingerprint density at radius 1 is 1.00 bits per heavy atom. The van der Waals surface area contributed by atoms with Gasteiger partial charge in [0.1, 0.15) is 0 Å². The van der Waals surface area contributed by atoms with Crippen LogP contribution in [0, 0.1) is 0 Å². The average molecular weight is 457 g/mol. The number of benzene rings is 2. The van der Waals surface area contributed by atoms with E-state index in [1.807, 2.05) is 0 Å². The third-order valence-corrected chi connectivity index (χ3v) is 5.90. The van der Waals surface area contributed by atoms with Crippen molar-refractivity contribution < 1.29 is 27.4 Å². The Morgan fingerprint density at radius 2 is 1.67 bits per heavy atom. The fourth-order valence-electron chi connectivity index (χ4n) is 2.73. The van der Waals surface area contributed by atoms with Crippen LogP contribution >= 0.6 is 11.6 Å². The average Bonchev–Trinajstić information content (AvgIpc) is 2.74. The van der Waals surface area contributed by atoms with Gasteiger partial charge in [0.15, 0.2) is 11.5 Å². The van der Waals surface area contributed by atoms with E-state index >= 15 is 0 Å². The molecule has 1 amide bonds. The van der Waals surface area contributed by atoms with E-state index in [1.165, 1.54) is 33.5 Å². The van der Waals surface area contributed by atoms with Crippen LogP contribution in [-0.4, -0.2) is 48.7 Å². The summed E-state index contributed by atoms with van der Waals surface area (Å²) >= 11 is 5.82. The molecule has 0 unspecified atom stereocenters. The minimum absolute atomic E-state index is 0.0603. The number of carbonyl (C=O) groups is 1. The van der Waals surface area contributed by atoms with Gasteiger partial charge in [-0.05, 0) is 42.3 Å². The van der Waals surface area contributed by atoms with Crippen molar-refractivity contribution >= 4 is 27.5 Å². The number of sulfonamides is 1. The third-order valence-electron chi connectivity index (χ3n) is 4.21. The molecule has 0 aliphatic carbocycles. The molecule has 164 valence electrons. The van der Waals surface area contributed by atoms with Crippen LogP contribution in [-0.2, 0) is 21.2 Å². The first-order chi connectivity index (χ1) is 14.3. The van der Waals surface area contributed by atoms with Crippen molar-refractivity contribution in [2.24, 2.45) is 0 Å². The maximum atomic E-state index is 12.2. The van der Waals surface area contributed by atoms with E-state index in [1.54, 1.807) is 24.3 Å². The Balaban J connectivity index is 1.83. The van der Waals surface area contributed by atoms with Crippen LogP contribution in [0.4, 0.5) is 0 Å². The van der Waals surface area contributed by atoms with E-state index < -0.39 is 10.0 Å². The molecule has 0 heterocycles. The molecule has 0 bridgehead atoms. The van der Waals surface area contributed by atoms with Crippen LogP contribution in [0.3, 0.4) is 0 Å². The summed E-state index contributed by atoms with van der Waals surface area (Å²) in [5.74, 6) is 1.32. The number of amides is 1. The summed E-state index contributed by atoms with van der Waals surface area (Å²) in [4.78, 5) is 12.2. The molecule has 2 aromatic rings. The maximum Gasteiger partial charge on any atom is 0.240 e. The first kappa shape index (κ1) is 23.8. The number of hydrogen-bond donors (Lipinski definition) is 2. The minimum atomic E-state index is -3.68. The van der Waals surface area contributed by atoms with Gasteiger partial charge >= 0.3 is 0 Å². The Morgan fingerprint density at radius 3 is 2.23 bits per heavy atom. The summed E-state index contributed by atoms with van der Waals surface area (Å²) in [5.41, 5.74) is 0.848.